The molecule has 2 N–H and O–H groups in total. The molecule has 10 atom stereocenters. The van der Waals surface area contributed by atoms with Crippen molar-refractivity contribution in [2.24, 2.45) is 40.4 Å². The number of esters is 2. The van der Waals surface area contributed by atoms with Gasteiger partial charge in [0.25, 0.3) is 0 Å². The van der Waals surface area contributed by atoms with Crippen LogP contribution in [0.3, 0.4) is 0 Å². The van der Waals surface area contributed by atoms with Crippen molar-refractivity contribution in [3.05, 3.63) is 0 Å². The highest BCUT2D eigenvalue weighted by atomic mass is 16.8. The maximum Gasteiger partial charge on any atom is 0.343 e. The molecule has 0 aromatic carbocycles. The number of carbonyl (C=O) groups is 2. The van der Waals surface area contributed by atoms with E-state index in [2.05, 4.69) is 20.8 Å². The summed E-state index contributed by atoms with van der Waals surface area (Å²) in [6.45, 7) is 8.26. The highest BCUT2D eigenvalue weighted by molar-refractivity contribution is 5.83. The van der Waals surface area contributed by atoms with Gasteiger partial charge in [-0.2, -0.15) is 0 Å². The van der Waals surface area contributed by atoms with Crippen LogP contribution in [0.1, 0.15) is 59.8 Å². The van der Waals surface area contributed by atoms with Gasteiger partial charge in [0.2, 0.25) is 12.6 Å². The Balaban J connectivity index is 1.54. The van der Waals surface area contributed by atoms with Crippen molar-refractivity contribution in [3.63, 3.8) is 0 Å². The topological polar surface area (TPSA) is 102 Å². The minimum Gasteiger partial charge on any atom is -0.435 e. The molecular formula is C22H32O7. The first-order chi connectivity index (χ1) is 13.5. The summed E-state index contributed by atoms with van der Waals surface area (Å²) in [5, 5.41) is 22.7. The van der Waals surface area contributed by atoms with Crippen molar-refractivity contribution in [1.82, 2.24) is 0 Å². The minimum atomic E-state index is -2.10. The Bertz CT molecular complexity index is 749. The van der Waals surface area contributed by atoms with E-state index in [0.29, 0.717) is 5.92 Å². The molecule has 0 aromatic heterocycles. The SMILES string of the molecule is CC(=O)O[C@@H]1O[C@H]2OC(=O)[C@@]3(O)[C@@H]1[C@@H]2[C@@H]([C@H]1CC[C@H]2C(C)(C)CCC[C@]12C)[C@@H]3O. The van der Waals surface area contributed by atoms with Gasteiger partial charge in [0.05, 0.1) is 12.0 Å². The van der Waals surface area contributed by atoms with E-state index >= 15 is 0 Å². The third-order valence-electron chi connectivity index (χ3n) is 9.24. The fourth-order valence-corrected chi connectivity index (χ4v) is 8.24. The summed E-state index contributed by atoms with van der Waals surface area (Å²) in [5.41, 5.74) is -1.83. The van der Waals surface area contributed by atoms with E-state index in [1.165, 1.54) is 13.3 Å². The second-order valence-corrected chi connectivity index (χ2v) is 10.9. The molecule has 0 aromatic rings. The molecule has 3 aliphatic carbocycles. The largest absolute Gasteiger partial charge is 0.435 e. The van der Waals surface area contributed by atoms with Crippen LogP contribution in [0.4, 0.5) is 0 Å². The minimum absolute atomic E-state index is 0.0284. The lowest BCUT2D eigenvalue weighted by atomic mass is 9.54. The van der Waals surface area contributed by atoms with Crippen LogP contribution in [0.25, 0.3) is 0 Å². The van der Waals surface area contributed by atoms with Crippen LogP contribution >= 0.6 is 0 Å². The molecule has 162 valence electrons. The quantitative estimate of drug-likeness (QED) is 0.674. The number of carbonyl (C=O) groups excluding carboxylic acids is 2. The van der Waals surface area contributed by atoms with Crippen LogP contribution in [-0.2, 0) is 23.8 Å². The molecule has 7 heteroatoms. The van der Waals surface area contributed by atoms with Gasteiger partial charge in [-0.15, -0.1) is 0 Å². The summed E-state index contributed by atoms with van der Waals surface area (Å²) in [4.78, 5) is 24.2. The van der Waals surface area contributed by atoms with Crippen molar-refractivity contribution >= 4 is 11.9 Å². The van der Waals surface area contributed by atoms with Crippen molar-refractivity contribution in [3.8, 4) is 0 Å². The lowest BCUT2D eigenvalue weighted by Crippen LogP contribution is -2.56. The third kappa shape index (κ3) is 2.35. The fraction of sp³-hybridized carbons (Fsp3) is 0.909. The van der Waals surface area contributed by atoms with Gasteiger partial charge in [0.15, 0.2) is 5.60 Å². The van der Waals surface area contributed by atoms with E-state index < -0.39 is 42.1 Å². The Labute approximate surface area is 171 Å². The zero-order chi connectivity index (χ0) is 20.9. The number of hydrogen-bond acceptors (Lipinski definition) is 7. The summed E-state index contributed by atoms with van der Waals surface area (Å²) in [6, 6.07) is 0. The molecule has 29 heavy (non-hydrogen) atoms. The van der Waals surface area contributed by atoms with E-state index in [1.54, 1.807) is 0 Å². The second-order valence-electron chi connectivity index (χ2n) is 10.9. The number of ether oxygens (including phenoxy) is 3. The predicted molar refractivity (Wildman–Crippen MR) is 99.9 cm³/mol. The normalized spacial score (nSPS) is 54.8. The van der Waals surface area contributed by atoms with Crippen molar-refractivity contribution in [2.45, 2.75) is 84.1 Å². The molecule has 5 rings (SSSR count). The van der Waals surface area contributed by atoms with Gasteiger partial charge in [-0.1, -0.05) is 27.2 Å². The third-order valence-corrected chi connectivity index (χ3v) is 9.24. The Morgan fingerprint density at radius 3 is 2.59 bits per heavy atom. The molecule has 5 fully saturated rings. The second kappa shape index (κ2) is 5.95. The van der Waals surface area contributed by atoms with Crippen LogP contribution in [0, 0.1) is 40.4 Å². The first kappa shape index (κ1) is 19.8. The summed E-state index contributed by atoms with van der Waals surface area (Å²) in [7, 11) is 0. The zero-order valence-electron chi connectivity index (χ0n) is 17.6. The lowest BCUT2D eigenvalue weighted by Gasteiger charge is -2.51. The Morgan fingerprint density at radius 1 is 1.17 bits per heavy atom. The van der Waals surface area contributed by atoms with E-state index in [9.17, 15) is 19.8 Å². The first-order valence-electron chi connectivity index (χ1n) is 11.0. The maximum absolute atomic E-state index is 12.6. The lowest BCUT2D eigenvalue weighted by molar-refractivity contribution is -0.211. The van der Waals surface area contributed by atoms with Gasteiger partial charge in [0, 0.05) is 18.8 Å². The Hall–Kier alpha value is -1.18. The summed E-state index contributed by atoms with van der Waals surface area (Å²) < 4.78 is 16.4. The highest BCUT2D eigenvalue weighted by Gasteiger charge is 2.78. The van der Waals surface area contributed by atoms with Crippen LogP contribution in [0.15, 0.2) is 0 Å². The molecule has 2 saturated heterocycles. The number of aliphatic hydroxyl groups is 2. The Morgan fingerprint density at radius 2 is 1.90 bits per heavy atom. The molecule has 0 radical (unpaired) electrons. The first-order valence-corrected chi connectivity index (χ1v) is 11.0. The number of aliphatic hydroxyl groups excluding tert-OH is 1. The Kier molecular flexibility index (Phi) is 4.05. The van der Waals surface area contributed by atoms with E-state index in [1.807, 2.05) is 0 Å². The van der Waals surface area contributed by atoms with E-state index in [4.69, 9.17) is 14.2 Å². The van der Waals surface area contributed by atoms with E-state index in [-0.39, 0.29) is 28.6 Å². The summed E-state index contributed by atoms with van der Waals surface area (Å²) >= 11 is 0. The molecule has 3 saturated carbocycles. The van der Waals surface area contributed by atoms with Gasteiger partial charge >= 0.3 is 11.9 Å². The summed E-state index contributed by atoms with van der Waals surface area (Å²) in [6.07, 6.45) is 2.24. The van der Waals surface area contributed by atoms with Crippen LogP contribution in [0.2, 0.25) is 0 Å². The van der Waals surface area contributed by atoms with Gasteiger partial charge in [-0.3, -0.25) is 4.79 Å². The van der Waals surface area contributed by atoms with Gasteiger partial charge < -0.3 is 24.4 Å². The van der Waals surface area contributed by atoms with Gasteiger partial charge in [0.1, 0.15) is 0 Å². The smallest absolute Gasteiger partial charge is 0.343 e. The van der Waals surface area contributed by atoms with Crippen LogP contribution in [-0.4, -0.2) is 46.4 Å². The fourth-order valence-electron chi connectivity index (χ4n) is 8.24. The zero-order valence-corrected chi connectivity index (χ0v) is 17.6. The molecule has 0 unspecified atom stereocenters. The highest BCUT2D eigenvalue weighted by Crippen LogP contribution is 2.69. The van der Waals surface area contributed by atoms with Crippen LogP contribution < -0.4 is 0 Å². The average molecular weight is 408 g/mol. The van der Waals surface area contributed by atoms with E-state index in [0.717, 1.165) is 25.7 Å². The molecule has 0 spiro atoms. The number of fused-ring (bicyclic) bond motifs is 1. The number of hydrogen-bond donors (Lipinski definition) is 2. The van der Waals surface area contributed by atoms with Gasteiger partial charge in [-0.25, -0.2) is 4.79 Å². The molecular weight excluding hydrogens is 376 g/mol. The van der Waals surface area contributed by atoms with Gasteiger partial charge in [-0.05, 0) is 48.3 Å². The summed E-state index contributed by atoms with van der Waals surface area (Å²) in [5.74, 6) is -2.22. The van der Waals surface area contributed by atoms with Crippen molar-refractivity contribution < 1.29 is 34.0 Å². The van der Waals surface area contributed by atoms with Crippen molar-refractivity contribution in [2.75, 3.05) is 0 Å². The average Bonchev–Trinajstić information content (AvgIpc) is 3.16. The van der Waals surface area contributed by atoms with Crippen LogP contribution in [0.5, 0.6) is 0 Å². The molecule has 2 aliphatic heterocycles. The molecule has 0 amide bonds. The molecule has 4 bridgehead atoms. The molecule has 5 aliphatic rings. The number of rotatable bonds is 2. The monoisotopic (exact) mass is 408 g/mol. The molecule has 2 heterocycles. The molecule has 7 nitrogen and oxygen atoms in total. The van der Waals surface area contributed by atoms with Crippen molar-refractivity contribution in [1.29, 1.82) is 0 Å². The maximum atomic E-state index is 12.6. The predicted octanol–water partition coefficient (Wildman–Crippen LogP) is 1.99. The standard InChI is InChI=1S/C22H32O7/c1-10(23)27-18-15-14-13(16(24)22(15,26)19(25)29-17(14)28-18)11-6-7-12-20(2,3)8-5-9-21(11,12)4/h11-18,24,26H,5-9H2,1-4H3/t11-,12+,13-,14+,15-,16+,17+,18-,21-,22-/m1/s1.